The third-order valence-electron chi connectivity index (χ3n) is 2.93. The summed E-state index contributed by atoms with van der Waals surface area (Å²) >= 11 is 0. The molecule has 0 aromatic heterocycles. The quantitative estimate of drug-likeness (QED) is 0.508. The monoisotopic (exact) mass is 269 g/mol. The molecule has 0 aliphatic rings. The minimum atomic E-state index is -0.387. The number of para-hydroxylation sites is 1. The summed E-state index contributed by atoms with van der Waals surface area (Å²) in [5.74, 6) is -0.475. The van der Waals surface area contributed by atoms with E-state index in [0.717, 1.165) is 5.56 Å². The molecule has 0 saturated carbocycles. The Hall–Kier alpha value is -2.82. The third-order valence-corrected chi connectivity index (χ3v) is 2.93. The van der Waals surface area contributed by atoms with Crippen LogP contribution in [-0.4, -0.2) is 16.8 Å². The van der Waals surface area contributed by atoms with Gasteiger partial charge in [0.1, 0.15) is 11.6 Å². The van der Waals surface area contributed by atoms with Crippen LogP contribution < -0.4 is 11.1 Å². The van der Waals surface area contributed by atoms with Gasteiger partial charge in [0.2, 0.25) is 0 Å². The van der Waals surface area contributed by atoms with Gasteiger partial charge in [-0.15, -0.1) is 0 Å². The van der Waals surface area contributed by atoms with E-state index < -0.39 is 0 Å². The molecule has 0 aliphatic carbocycles. The van der Waals surface area contributed by atoms with Gasteiger partial charge < -0.3 is 16.2 Å². The van der Waals surface area contributed by atoms with Gasteiger partial charge >= 0.3 is 0 Å². The van der Waals surface area contributed by atoms with E-state index in [-0.39, 0.29) is 23.1 Å². The van der Waals surface area contributed by atoms with Crippen LogP contribution in [0.25, 0.3) is 0 Å². The second kappa shape index (κ2) is 5.44. The van der Waals surface area contributed by atoms with Gasteiger partial charge in [0.05, 0.1) is 5.56 Å². The summed E-state index contributed by atoms with van der Waals surface area (Å²) in [6.45, 7) is 1.81. The Kier molecular flexibility index (Phi) is 3.70. The SMILES string of the molecule is Cc1cc(C(=N)N)ccc1NC(=O)c1ccccc1O. The van der Waals surface area contributed by atoms with Crippen LogP contribution in [0.15, 0.2) is 42.5 Å². The van der Waals surface area contributed by atoms with Crippen molar-refractivity contribution in [3.63, 3.8) is 0 Å². The van der Waals surface area contributed by atoms with E-state index in [1.165, 1.54) is 6.07 Å². The Labute approximate surface area is 116 Å². The number of carbonyl (C=O) groups is 1. The zero-order chi connectivity index (χ0) is 14.7. The Morgan fingerprint density at radius 3 is 2.55 bits per heavy atom. The van der Waals surface area contributed by atoms with Gasteiger partial charge in [0.15, 0.2) is 0 Å². The van der Waals surface area contributed by atoms with E-state index in [0.29, 0.717) is 11.3 Å². The number of nitrogen functional groups attached to an aromatic ring is 1. The minimum Gasteiger partial charge on any atom is -0.507 e. The van der Waals surface area contributed by atoms with Crippen molar-refractivity contribution in [2.24, 2.45) is 5.73 Å². The zero-order valence-corrected chi connectivity index (χ0v) is 11.0. The zero-order valence-electron chi connectivity index (χ0n) is 11.0. The van der Waals surface area contributed by atoms with Gasteiger partial charge in [0, 0.05) is 11.3 Å². The summed E-state index contributed by atoms with van der Waals surface area (Å²) in [7, 11) is 0. The topological polar surface area (TPSA) is 99.2 Å². The molecule has 5 N–H and O–H groups in total. The first-order valence-corrected chi connectivity index (χ1v) is 6.03. The van der Waals surface area contributed by atoms with E-state index in [9.17, 15) is 9.90 Å². The maximum absolute atomic E-state index is 12.1. The lowest BCUT2D eigenvalue weighted by molar-refractivity contribution is 0.102. The minimum absolute atomic E-state index is 0.0216. The Morgan fingerprint density at radius 1 is 1.25 bits per heavy atom. The number of nitrogens with one attached hydrogen (secondary N) is 2. The summed E-state index contributed by atoms with van der Waals surface area (Å²) in [4.78, 5) is 12.1. The summed E-state index contributed by atoms with van der Waals surface area (Å²) in [6.07, 6.45) is 0. The van der Waals surface area contributed by atoms with E-state index >= 15 is 0 Å². The number of hydrogen-bond donors (Lipinski definition) is 4. The summed E-state index contributed by atoms with van der Waals surface area (Å²) < 4.78 is 0. The van der Waals surface area contributed by atoms with Crippen molar-refractivity contribution in [1.29, 1.82) is 5.41 Å². The lowest BCUT2D eigenvalue weighted by Gasteiger charge is -2.10. The lowest BCUT2D eigenvalue weighted by Crippen LogP contribution is -2.14. The fourth-order valence-electron chi connectivity index (χ4n) is 1.83. The molecule has 0 radical (unpaired) electrons. The van der Waals surface area contributed by atoms with Gasteiger partial charge in [-0.3, -0.25) is 10.2 Å². The molecule has 0 unspecified atom stereocenters. The number of carbonyl (C=O) groups excluding carboxylic acids is 1. The van der Waals surface area contributed by atoms with Gasteiger partial charge in [-0.1, -0.05) is 12.1 Å². The average Bonchev–Trinajstić information content (AvgIpc) is 2.41. The van der Waals surface area contributed by atoms with Crippen LogP contribution >= 0.6 is 0 Å². The third kappa shape index (κ3) is 2.77. The number of aromatic hydroxyl groups is 1. The standard InChI is InChI=1S/C15H15N3O2/c1-9-8-10(14(16)17)6-7-12(9)18-15(20)11-4-2-3-5-13(11)19/h2-8,19H,1H3,(H3,16,17)(H,18,20). The molecule has 2 aromatic carbocycles. The molecule has 20 heavy (non-hydrogen) atoms. The molecule has 5 nitrogen and oxygen atoms in total. The molecule has 2 rings (SSSR count). The van der Waals surface area contributed by atoms with Crippen molar-refractivity contribution < 1.29 is 9.90 Å². The number of phenolic OH excluding ortho intramolecular Hbond substituents is 1. The summed E-state index contributed by atoms with van der Waals surface area (Å²) in [6, 6.07) is 11.4. The highest BCUT2D eigenvalue weighted by Gasteiger charge is 2.11. The predicted octanol–water partition coefficient (Wildman–Crippen LogP) is 2.24. The Balaban J connectivity index is 2.25. The number of rotatable bonds is 3. The molecule has 102 valence electrons. The van der Waals surface area contributed by atoms with Crippen molar-refractivity contribution in [3.8, 4) is 5.75 Å². The number of amidine groups is 1. The number of benzene rings is 2. The number of hydrogen-bond acceptors (Lipinski definition) is 3. The summed E-state index contributed by atoms with van der Waals surface area (Å²) in [5.41, 5.74) is 7.63. The van der Waals surface area contributed by atoms with Crippen molar-refractivity contribution in [3.05, 3.63) is 59.2 Å². The highest BCUT2D eigenvalue weighted by Crippen LogP contribution is 2.20. The van der Waals surface area contributed by atoms with Gasteiger partial charge in [-0.2, -0.15) is 0 Å². The largest absolute Gasteiger partial charge is 0.507 e. The molecular weight excluding hydrogens is 254 g/mol. The van der Waals surface area contributed by atoms with Gasteiger partial charge in [-0.05, 0) is 42.8 Å². The molecule has 0 heterocycles. The van der Waals surface area contributed by atoms with Crippen LogP contribution in [0.1, 0.15) is 21.5 Å². The molecule has 1 amide bonds. The van der Waals surface area contributed by atoms with Crippen LogP contribution in [-0.2, 0) is 0 Å². The van der Waals surface area contributed by atoms with E-state index in [1.54, 1.807) is 36.4 Å². The molecular formula is C15H15N3O2. The number of phenols is 1. The average molecular weight is 269 g/mol. The second-order valence-electron chi connectivity index (χ2n) is 4.41. The molecule has 0 bridgehead atoms. The predicted molar refractivity (Wildman–Crippen MR) is 78.3 cm³/mol. The normalized spacial score (nSPS) is 10.1. The van der Waals surface area contributed by atoms with E-state index in [1.807, 2.05) is 6.92 Å². The number of aryl methyl sites for hydroxylation is 1. The van der Waals surface area contributed by atoms with E-state index in [4.69, 9.17) is 11.1 Å². The molecule has 5 heteroatoms. The Bertz CT molecular complexity index is 681. The number of amides is 1. The Morgan fingerprint density at radius 2 is 1.95 bits per heavy atom. The van der Waals surface area contributed by atoms with Crippen molar-refractivity contribution >= 4 is 17.4 Å². The van der Waals surface area contributed by atoms with Gasteiger partial charge in [-0.25, -0.2) is 0 Å². The second-order valence-corrected chi connectivity index (χ2v) is 4.41. The van der Waals surface area contributed by atoms with Crippen molar-refractivity contribution in [2.45, 2.75) is 6.92 Å². The first-order chi connectivity index (χ1) is 9.49. The lowest BCUT2D eigenvalue weighted by atomic mass is 10.1. The van der Waals surface area contributed by atoms with Crippen LogP contribution in [0.3, 0.4) is 0 Å². The molecule has 0 saturated heterocycles. The number of nitrogens with two attached hydrogens (primary N) is 1. The summed E-state index contributed by atoms with van der Waals surface area (Å²) in [5, 5.41) is 19.7. The van der Waals surface area contributed by atoms with Crippen LogP contribution in [0.2, 0.25) is 0 Å². The van der Waals surface area contributed by atoms with Crippen molar-refractivity contribution in [2.75, 3.05) is 5.32 Å². The highest BCUT2D eigenvalue weighted by molar-refractivity contribution is 6.06. The first kappa shape index (κ1) is 13.6. The highest BCUT2D eigenvalue weighted by atomic mass is 16.3. The van der Waals surface area contributed by atoms with Crippen LogP contribution in [0.4, 0.5) is 5.69 Å². The van der Waals surface area contributed by atoms with Crippen LogP contribution in [0.5, 0.6) is 5.75 Å². The number of anilines is 1. The molecule has 0 fully saturated rings. The molecule has 0 aliphatic heterocycles. The van der Waals surface area contributed by atoms with Gasteiger partial charge in [0.25, 0.3) is 5.91 Å². The first-order valence-electron chi connectivity index (χ1n) is 6.03. The van der Waals surface area contributed by atoms with E-state index in [2.05, 4.69) is 5.32 Å². The van der Waals surface area contributed by atoms with Crippen LogP contribution in [0, 0.1) is 12.3 Å². The molecule has 0 atom stereocenters. The smallest absolute Gasteiger partial charge is 0.259 e. The molecule has 0 spiro atoms. The maximum Gasteiger partial charge on any atom is 0.259 e. The fourth-order valence-corrected chi connectivity index (χ4v) is 1.83. The maximum atomic E-state index is 12.1. The van der Waals surface area contributed by atoms with Crippen molar-refractivity contribution in [1.82, 2.24) is 0 Å². The molecule has 2 aromatic rings. The fraction of sp³-hybridized carbons (Fsp3) is 0.0667.